The number of rotatable bonds is 3. The fourth-order valence-electron chi connectivity index (χ4n) is 2.69. The lowest BCUT2D eigenvalue weighted by Crippen LogP contribution is -2.44. The maximum atomic E-state index is 12.1. The van der Waals surface area contributed by atoms with Gasteiger partial charge < -0.3 is 14.4 Å². The fourth-order valence-corrected chi connectivity index (χ4v) is 2.69. The highest BCUT2D eigenvalue weighted by Crippen LogP contribution is 2.20. The quantitative estimate of drug-likeness (QED) is 0.796. The van der Waals surface area contributed by atoms with Gasteiger partial charge in [0.05, 0.1) is 0 Å². The molecule has 1 saturated heterocycles. The van der Waals surface area contributed by atoms with Crippen molar-refractivity contribution < 1.29 is 14.3 Å². The van der Waals surface area contributed by atoms with Gasteiger partial charge in [0.15, 0.2) is 0 Å². The monoisotopic (exact) mass is 382 g/mol. The van der Waals surface area contributed by atoms with E-state index in [1.165, 1.54) is 0 Å². The third-order valence-corrected chi connectivity index (χ3v) is 4.08. The Bertz CT molecular complexity index is 847. The molecule has 3 rings (SSSR count). The SMILES string of the molecule is CC(C)(C)OC(=O)N1CCC(Oc2ncc(-c3cnc(C#N)nc3)cn2)CC1. The van der Waals surface area contributed by atoms with Gasteiger partial charge in [-0.2, -0.15) is 5.26 Å². The topological polar surface area (TPSA) is 114 Å². The van der Waals surface area contributed by atoms with E-state index in [0.29, 0.717) is 25.9 Å². The molecule has 0 unspecified atom stereocenters. The highest BCUT2D eigenvalue weighted by Gasteiger charge is 2.28. The van der Waals surface area contributed by atoms with Crippen LogP contribution < -0.4 is 4.74 Å². The van der Waals surface area contributed by atoms with Gasteiger partial charge in [-0.3, -0.25) is 0 Å². The molecule has 1 amide bonds. The molecular weight excluding hydrogens is 360 g/mol. The Morgan fingerprint density at radius 1 is 1.07 bits per heavy atom. The van der Waals surface area contributed by atoms with Crippen LogP contribution in [-0.2, 0) is 4.74 Å². The van der Waals surface area contributed by atoms with E-state index >= 15 is 0 Å². The molecule has 1 aliphatic rings. The first kappa shape index (κ1) is 19.5. The first-order valence-corrected chi connectivity index (χ1v) is 9.03. The largest absolute Gasteiger partial charge is 0.460 e. The summed E-state index contributed by atoms with van der Waals surface area (Å²) in [6.45, 7) is 6.70. The highest BCUT2D eigenvalue weighted by atomic mass is 16.6. The van der Waals surface area contributed by atoms with Gasteiger partial charge in [-0.25, -0.2) is 24.7 Å². The Morgan fingerprint density at radius 3 is 2.11 bits per heavy atom. The van der Waals surface area contributed by atoms with Gasteiger partial charge in [-0.05, 0) is 20.8 Å². The highest BCUT2D eigenvalue weighted by molar-refractivity contribution is 5.68. The number of nitriles is 1. The van der Waals surface area contributed by atoms with E-state index in [4.69, 9.17) is 14.7 Å². The molecule has 0 saturated carbocycles. The van der Waals surface area contributed by atoms with Crippen molar-refractivity contribution in [3.8, 4) is 23.2 Å². The normalized spacial score (nSPS) is 15.0. The lowest BCUT2D eigenvalue weighted by molar-refractivity contribution is 0.0119. The van der Waals surface area contributed by atoms with E-state index in [2.05, 4.69) is 19.9 Å². The van der Waals surface area contributed by atoms with E-state index in [0.717, 1.165) is 11.1 Å². The van der Waals surface area contributed by atoms with Crippen molar-refractivity contribution in [2.75, 3.05) is 13.1 Å². The summed E-state index contributed by atoms with van der Waals surface area (Å²) in [5, 5.41) is 8.74. The zero-order valence-electron chi connectivity index (χ0n) is 16.1. The maximum Gasteiger partial charge on any atom is 0.410 e. The van der Waals surface area contributed by atoms with Crippen LogP contribution in [0.3, 0.4) is 0 Å². The van der Waals surface area contributed by atoms with Gasteiger partial charge in [-0.1, -0.05) is 0 Å². The third-order valence-electron chi connectivity index (χ3n) is 4.08. The molecule has 2 aromatic rings. The minimum atomic E-state index is -0.500. The van der Waals surface area contributed by atoms with E-state index < -0.39 is 5.60 Å². The lowest BCUT2D eigenvalue weighted by atomic mass is 10.1. The summed E-state index contributed by atoms with van der Waals surface area (Å²) >= 11 is 0. The summed E-state index contributed by atoms with van der Waals surface area (Å²) in [5.74, 6) is 0.113. The number of amides is 1. The van der Waals surface area contributed by atoms with Crippen molar-refractivity contribution in [1.29, 1.82) is 5.26 Å². The van der Waals surface area contributed by atoms with E-state index in [9.17, 15) is 4.79 Å². The number of nitrogens with zero attached hydrogens (tertiary/aromatic N) is 6. The average Bonchev–Trinajstić information content (AvgIpc) is 2.68. The van der Waals surface area contributed by atoms with E-state index in [-0.39, 0.29) is 24.0 Å². The van der Waals surface area contributed by atoms with Crippen molar-refractivity contribution >= 4 is 6.09 Å². The Morgan fingerprint density at radius 2 is 1.61 bits per heavy atom. The molecule has 0 radical (unpaired) electrons. The average molecular weight is 382 g/mol. The van der Waals surface area contributed by atoms with Crippen LogP contribution in [0, 0.1) is 11.3 Å². The van der Waals surface area contributed by atoms with Gasteiger partial charge in [0, 0.05) is 61.8 Å². The first-order chi connectivity index (χ1) is 13.3. The molecule has 0 bridgehead atoms. The molecule has 9 heteroatoms. The zero-order valence-corrected chi connectivity index (χ0v) is 16.1. The summed E-state index contributed by atoms with van der Waals surface area (Å²) in [4.78, 5) is 30.1. The van der Waals surface area contributed by atoms with Gasteiger partial charge >= 0.3 is 12.1 Å². The lowest BCUT2D eigenvalue weighted by Gasteiger charge is -2.33. The van der Waals surface area contributed by atoms with E-state index in [1.807, 2.05) is 26.8 Å². The maximum absolute atomic E-state index is 12.1. The predicted molar refractivity (Wildman–Crippen MR) is 99.2 cm³/mol. The molecular formula is C19H22N6O3. The molecule has 0 N–H and O–H groups in total. The van der Waals surface area contributed by atoms with Crippen LogP contribution in [0.5, 0.6) is 6.01 Å². The van der Waals surface area contributed by atoms with Crippen LogP contribution in [0.25, 0.3) is 11.1 Å². The van der Waals surface area contributed by atoms with Crippen molar-refractivity contribution in [1.82, 2.24) is 24.8 Å². The van der Waals surface area contributed by atoms with Gasteiger partial charge in [0.25, 0.3) is 0 Å². The Kier molecular flexibility index (Phi) is 5.68. The van der Waals surface area contributed by atoms with Crippen LogP contribution in [0.4, 0.5) is 4.79 Å². The van der Waals surface area contributed by atoms with Crippen LogP contribution in [0.2, 0.25) is 0 Å². The summed E-state index contributed by atoms with van der Waals surface area (Å²) in [7, 11) is 0. The fraction of sp³-hybridized carbons (Fsp3) is 0.474. The number of carbonyl (C=O) groups excluding carboxylic acids is 1. The zero-order chi connectivity index (χ0) is 20.1. The van der Waals surface area contributed by atoms with E-state index in [1.54, 1.807) is 29.7 Å². The number of ether oxygens (including phenoxy) is 2. The summed E-state index contributed by atoms with van der Waals surface area (Å²) in [5.41, 5.74) is 0.952. The molecule has 2 aromatic heterocycles. The molecule has 9 nitrogen and oxygen atoms in total. The van der Waals surface area contributed by atoms with Crippen molar-refractivity contribution in [2.45, 2.75) is 45.3 Å². The first-order valence-electron chi connectivity index (χ1n) is 9.03. The smallest absolute Gasteiger partial charge is 0.410 e. The summed E-state index contributed by atoms with van der Waals surface area (Å²) in [6.07, 6.45) is 7.39. The van der Waals surface area contributed by atoms with Crippen molar-refractivity contribution in [3.63, 3.8) is 0 Å². The predicted octanol–water partition coefficient (Wildman–Crippen LogP) is 2.58. The standard InChI is InChI=1S/C19H22N6O3/c1-19(2,3)28-18(26)25-6-4-15(5-7-25)27-17-23-11-14(12-24-17)13-9-21-16(8-20)22-10-13/h9-12,15H,4-7H2,1-3H3. The summed E-state index contributed by atoms with van der Waals surface area (Å²) < 4.78 is 11.2. The number of carbonyl (C=O) groups is 1. The number of aromatic nitrogens is 4. The minimum absolute atomic E-state index is 0.0530. The molecule has 0 atom stereocenters. The summed E-state index contributed by atoms with van der Waals surface area (Å²) in [6, 6.07) is 2.16. The van der Waals surface area contributed by atoms with Crippen LogP contribution in [0.15, 0.2) is 24.8 Å². The van der Waals surface area contributed by atoms with Crippen molar-refractivity contribution in [3.05, 3.63) is 30.6 Å². The molecule has 28 heavy (non-hydrogen) atoms. The Hall–Kier alpha value is -3.28. The molecule has 1 aliphatic heterocycles. The minimum Gasteiger partial charge on any atom is -0.460 e. The van der Waals surface area contributed by atoms with Gasteiger partial charge in [0.1, 0.15) is 17.8 Å². The Labute approximate surface area is 163 Å². The number of hydrogen-bond donors (Lipinski definition) is 0. The second-order valence-electron chi connectivity index (χ2n) is 7.45. The third kappa shape index (κ3) is 5.13. The molecule has 0 aromatic carbocycles. The molecule has 3 heterocycles. The molecule has 146 valence electrons. The van der Waals surface area contributed by atoms with Crippen LogP contribution in [-0.4, -0.2) is 55.7 Å². The number of piperidine rings is 1. The van der Waals surface area contributed by atoms with Gasteiger partial charge in [-0.15, -0.1) is 0 Å². The molecule has 1 fully saturated rings. The second-order valence-corrected chi connectivity index (χ2v) is 7.45. The number of likely N-dealkylation sites (tertiary alicyclic amines) is 1. The molecule has 0 aliphatic carbocycles. The number of hydrogen-bond acceptors (Lipinski definition) is 8. The molecule has 0 spiro atoms. The Balaban J connectivity index is 1.52. The second kappa shape index (κ2) is 8.17. The van der Waals surface area contributed by atoms with Gasteiger partial charge in [0.2, 0.25) is 5.82 Å². The van der Waals surface area contributed by atoms with Crippen LogP contribution >= 0.6 is 0 Å². The van der Waals surface area contributed by atoms with Crippen molar-refractivity contribution in [2.24, 2.45) is 0 Å². The van der Waals surface area contributed by atoms with Crippen LogP contribution in [0.1, 0.15) is 39.4 Å².